The van der Waals surface area contributed by atoms with E-state index in [9.17, 15) is 8.42 Å². The fourth-order valence-electron chi connectivity index (χ4n) is 4.09. The predicted octanol–water partition coefficient (Wildman–Crippen LogP) is 2.28. The molecule has 0 amide bonds. The van der Waals surface area contributed by atoms with Crippen molar-refractivity contribution in [2.24, 2.45) is 5.92 Å². The van der Waals surface area contributed by atoms with Crippen LogP contribution in [0.25, 0.3) is 0 Å². The number of hydrogen-bond donors (Lipinski definition) is 0. The van der Waals surface area contributed by atoms with Crippen LogP contribution in [-0.2, 0) is 22.9 Å². The molecule has 1 saturated heterocycles. The molecule has 4 rings (SSSR count). The number of piperazine rings is 1. The third-order valence-electron chi connectivity index (χ3n) is 5.86. The number of aryl methyl sites for hydroxylation is 2. The zero-order valence-corrected chi connectivity index (χ0v) is 14.7. The minimum absolute atomic E-state index is 0.488. The van der Waals surface area contributed by atoms with Gasteiger partial charge in [0.25, 0.3) is 0 Å². The molecule has 5 heteroatoms. The fraction of sp³-hybridized carbons (Fsp3) is 0.667. The normalized spacial score (nSPS) is 24.6. The Morgan fingerprint density at radius 3 is 2.43 bits per heavy atom. The summed E-state index contributed by atoms with van der Waals surface area (Å²) in [7, 11) is -3.33. The number of fused-ring (bicyclic) bond motifs is 1. The van der Waals surface area contributed by atoms with Gasteiger partial charge in [0.05, 0.1) is 4.90 Å². The van der Waals surface area contributed by atoms with Gasteiger partial charge in [-0.1, -0.05) is 6.07 Å². The van der Waals surface area contributed by atoms with E-state index in [1.807, 2.05) is 12.1 Å². The van der Waals surface area contributed by atoms with Crippen molar-refractivity contribution in [3.8, 4) is 0 Å². The Kier molecular flexibility index (Phi) is 3.98. The minimum Gasteiger partial charge on any atom is -0.298 e. The molecule has 1 saturated carbocycles. The van der Waals surface area contributed by atoms with Crippen LogP contribution in [-0.4, -0.2) is 49.8 Å². The molecular weight excluding hydrogens is 308 g/mol. The zero-order chi connectivity index (χ0) is 16.0. The Bertz CT molecular complexity index is 689. The highest BCUT2D eigenvalue weighted by molar-refractivity contribution is 7.89. The van der Waals surface area contributed by atoms with Crippen molar-refractivity contribution < 1.29 is 8.42 Å². The Morgan fingerprint density at radius 2 is 1.74 bits per heavy atom. The van der Waals surface area contributed by atoms with Crippen molar-refractivity contribution in [1.82, 2.24) is 9.21 Å². The highest BCUT2D eigenvalue weighted by Gasteiger charge is 2.35. The standard InChI is InChI=1S/C18H26N2O2S/c1-14(15-5-6-15)19-9-11-20(12-10-19)23(21,22)18-8-7-16-3-2-4-17(16)13-18/h7-8,13-15H,2-6,9-12H2,1H3. The number of benzene rings is 1. The third-order valence-corrected chi connectivity index (χ3v) is 7.76. The van der Waals surface area contributed by atoms with Crippen LogP contribution in [0.15, 0.2) is 23.1 Å². The Hall–Kier alpha value is -0.910. The highest BCUT2D eigenvalue weighted by Crippen LogP contribution is 2.35. The maximum absolute atomic E-state index is 12.9. The van der Waals surface area contributed by atoms with Gasteiger partial charge in [-0.2, -0.15) is 4.31 Å². The summed E-state index contributed by atoms with van der Waals surface area (Å²) in [6.07, 6.45) is 5.94. The molecule has 1 aromatic carbocycles. The van der Waals surface area contributed by atoms with E-state index in [0.29, 0.717) is 24.0 Å². The van der Waals surface area contributed by atoms with Crippen LogP contribution in [0.5, 0.6) is 0 Å². The lowest BCUT2D eigenvalue weighted by molar-refractivity contribution is 0.133. The summed E-state index contributed by atoms with van der Waals surface area (Å²) in [5, 5.41) is 0. The largest absolute Gasteiger partial charge is 0.298 e. The van der Waals surface area contributed by atoms with E-state index < -0.39 is 10.0 Å². The first-order valence-corrected chi connectivity index (χ1v) is 10.4. The highest BCUT2D eigenvalue weighted by atomic mass is 32.2. The molecule has 4 nitrogen and oxygen atoms in total. The SMILES string of the molecule is CC(C1CC1)N1CCN(S(=O)(=O)c2ccc3c(c2)CCC3)CC1. The maximum atomic E-state index is 12.9. The second kappa shape index (κ2) is 5.87. The summed E-state index contributed by atoms with van der Waals surface area (Å²) in [6.45, 7) is 5.26. The number of hydrogen-bond acceptors (Lipinski definition) is 3. The van der Waals surface area contributed by atoms with Gasteiger partial charge in [-0.05, 0) is 68.2 Å². The van der Waals surface area contributed by atoms with Crippen molar-refractivity contribution in [3.05, 3.63) is 29.3 Å². The monoisotopic (exact) mass is 334 g/mol. The van der Waals surface area contributed by atoms with E-state index in [4.69, 9.17) is 0 Å². The van der Waals surface area contributed by atoms with Crippen molar-refractivity contribution in [3.63, 3.8) is 0 Å². The summed E-state index contributed by atoms with van der Waals surface area (Å²) in [5.41, 5.74) is 2.55. The predicted molar refractivity (Wildman–Crippen MR) is 91.0 cm³/mol. The summed E-state index contributed by atoms with van der Waals surface area (Å²) >= 11 is 0. The van der Waals surface area contributed by atoms with Gasteiger partial charge < -0.3 is 0 Å². The number of rotatable bonds is 4. The Balaban J connectivity index is 1.47. The molecule has 0 spiro atoms. The van der Waals surface area contributed by atoms with Gasteiger partial charge in [0.1, 0.15) is 0 Å². The molecule has 1 aromatic rings. The van der Waals surface area contributed by atoms with Gasteiger partial charge in [-0.3, -0.25) is 4.90 Å². The first-order valence-electron chi connectivity index (χ1n) is 8.92. The van der Waals surface area contributed by atoms with E-state index >= 15 is 0 Å². The van der Waals surface area contributed by atoms with E-state index in [-0.39, 0.29) is 0 Å². The lowest BCUT2D eigenvalue weighted by atomic mass is 10.1. The minimum atomic E-state index is -3.33. The van der Waals surface area contributed by atoms with Crippen LogP contribution in [0.4, 0.5) is 0 Å². The van der Waals surface area contributed by atoms with Gasteiger partial charge >= 0.3 is 0 Å². The molecule has 1 heterocycles. The molecule has 0 aromatic heterocycles. The summed E-state index contributed by atoms with van der Waals surface area (Å²) in [6, 6.07) is 6.34. The molecule has 0 bridgehead atoms. The van der Waals surface area contributed by atoms with Crippen molar-refractivity contribution in [2.45, 2.75) is 50.0 Å². The molecule has 23 heavy (non-hydrogen) atoms. The molecular formula is C18H26N2O2S. The molecule has 2 fully saturated rings. The van der Waals surface area contributed by atoms with Crippen molar-refractivity contribution in [2.75, 3.05) is 26.2 Å². The first-order chi connectivity index (χ1) is 11.1. The summed E-state index contributed by atoms with van der Waals surface area (Å²) in [4.78, 5) is 2.95. The van der Waals surface area contributed by atoms with Gasteiger partial charge in [-0.15, -0.1) is 0 Å². The van der Waals surface area contributed by atoms with Gasteiger partial charge in [0.15, 0.2) is 0 Å². The van der Waals surface area contributed by atoms with E-state index in [1.54, 1.807) is 10.4 Å². The van der Waals surface area contributed by atoms with Crippen LogP contribution >= 0.6 is 0 Å². The van der Waals surface area contributed by atoms with E-state index in [0.717, 1.165) is 38.3 Å². The van der Waals surface area contributed by atoms with Crippen LogP contribution in [0.3, 0.4) is 0 Å². The van der Waals surface area contributed by atoms with Gasteiger partial charge in [0.2, 0.25) is 10.0 Å². The summed E-state index contributed by atoms with van der Waals surface area (Å²) in [5.74, 6) is 0.842. The lowest BCUT2D eigenvalue weighted by Crippen LogP contribution is -2.51. The Labute approximate surface area is 139 Å². The van der Waals surface area contributed by atoms with Crippen LogP contribution in [0, 0.1) is 5.92 Å². The second-order valence-corrected chi connectivity index (χ2v) is 9.24. The lowest BCUT2D eigenvalue weighted by Gasteiger charge is -2.37. The maximum Gasteiger partial charge on any atom is 0.243 e. The van der Waals surface area contributed by atoms with Crippen molar-refractivity contribution in [1.29, 1.82) is 0 Å². The quantitative estimate of drug-likeness (QED) is 0.848. The second-order valence-electron chi connectivity index (χ2n) is 7.30. The van der Waals surface area contributed by atoms with Gasteiger partial charge in [0, 0.05) is 32.2 Å². The van der Waals surface area contributed by atoms with Crippen LogP contribution < -0.4 is 0 Å². The molecule has 3 aliphatic rings. The topological polar surface area (TPSA) is 40.6 Å². The van der Waals surface area contributed by atoms with Crippen LogP contribution in [0.1, 0.15) is 37.3 Å². The molecule has 1 aliphatic heterocycles. The number of nitrogens with zero attached hydrogens (tertiary/aromatic N) is 2. The van der Waals surface area contributed by atoms with Crippen LogP contribution in [0.2, 0.25) is 0 Å². The average molecular weight is 334 g/mol. The van der Waals surface area contributed by atoms with E-state index in [1.165, 1.54) is 24.0 Å². The fourth-order valence-corrected chi connectivity index (χ4v) is 5.56. The molecule has 1 atom stereocenters. The van der Waals surface area contributed by atoms with Gasteiger partial charge in [-0.25, -0.2) is 8.42 Å². The third kappa shape index (κ3) is 2.94. The van der Waals surface area contributed by atoms with Crippen molar-refractivity contribution >= 4 is 10.0 Å². The Morgan fingerprint density at radius 1 is 1.04 bits per heavy atom. The molecule has 1 unspecified atom stereocenters. The molecule has 0 N–H and O–H groups in total. The molecule has 2 aliphatic carbocycles. The summed E-state index contributed by atoms with van der Waals surface area (Å²) < 4.78 is 27.5. The molecule has 126 valence electrons. The zero-order valence-electron chi connectivity index (χ0n) is 13.9. The number of sulfonamides is 1. The average Bonchev–Trinajstić information content (AvgIpc) is 3.31. The van der Waals surface area contributed by atoms with E-state index in [2.05, 4.69) is 11.8 Å². The first kappa shape index (κ1) is 15.6. The smallest absolute Gasteiger partial charge is 0.243 e. The molecule has 0 radical (unpaired) electrons.